The molecule has 0 aliphatic heterocycles. The van der Waals surface area contributed by atoms with Gasteiger partial charge in [0.25, 0.3) is 0 Å². The molecule has 3 rings (SSSR count). The van der Waals surface area contributed by atoms with Crippen molar-refractivity contribution in [2.75, 3.05) is 0 Å². The van der Waals surface area contributed by atoms with Crippen LogP contribution in [0.3, 0.4) is 0 Å². The minimum absolute atomic E-state index is 0.767. The van der Waals surface area contributed by atoms with E-state index in [1.54, 1.807) is 0 Å². The first-order chi connectivity index (χ1) is 16.8. The lowest BCUT2D eigenvalue weighted by Crippen LogP contribution is -2.03. The Labute approximate surface area is 213 Å². The molecule has 0 N–H and O–H groups in total. The zero-order chi connectivity index (χ0) is 25.4. The maximum atomic E-state index is 4.95. The molecule has 0 spiro atoms. The maximum absolute atomic E-state index is 4.95. The molecular formula is C32H45N3. The van der Waals surface area contributed by atoms with Gasteiger partial charge >= 0.3 is 0 Å². The molecule has 3 aromatic rings. The van der Waals surface area contributed by atoms with Gasteiger partial charge in [0.1, 0.15) is 5.82 Å². The van der Waals surface area contributed by atoms with Gasteiger partial charge in [-0.1, -0.05) is 52.4 Å². The van der Waals surface area contributed by atoms with Crippen LogP contribution >= 0.6 is 0 Å². The second kappa shape index (κ2) is 13.0. The number of nitrogens with zero attached hydrogens (tertiary/aromatic N) is 3. The lowest BCUT2D eigenvalue weighted by molar-refractivity contribution is 0.664. The number of unbranched alkanes of at least 4 members (excludes halogenated alkanes) is 6. The normalized spacial score (nSPS) is 11.3. The molecule has 1 heterocycles. The monoisotopic (exact) mass is 471 g/mol. The van der Waals surface area contributed by atoms with Crippen molar-refractivity contribution < 1.29 is 0 Å². The van der Waals surface area contributed by atoms with Crippen molar-refractivity contribution in [1.82, 2.24) is 15.0 Å². The van der Waals surface area contributed by atoms with Crippen LogP contribution in [-0.4, -0.2) is 15.0 Å². The highest BCUT2D eigenvalue weighted by Gasteiger charge is 2.14. The van der Waals surface area contributed by atoms with Crippen LogP contribution in [0.5, 0.6) is 0 Å². The van der Waals surface area contributed by atoms with E-state index in [0.717, 1.165) is 41.4 Å². The van der Waals surface area contributed by atoms with Gasteiger partial charge in [-0.2, -0.15) is 0 Å². The summed E-state index contributed by atoms with van der Waals surface area (Å²) < 4.78 is 0. The molecule has 1 aromatic heterocycles. The van der Waals surface area contributed by atoms with Gasteiger partial charge in [-0.15, -0.1) is 0 Å². The molecule has 0 radical (unpaired) electrons. The van der Waals surface area contributed by atoms with Gasteiger partial charge in [0.2, 0.25) is 0 Å². The Morgan fingerprint density at radius 2 is 0.857 bits per heavy atom. The molecule has 0 atom stereocenters. The van der Waals surface area contributed by atoms with Gasteiger partial charge in [-0.25, -0.2) is 15.0 Å². The molecule has 0 saturated heterocycles. The van der Waals surface area contributed by atoms with E-state index in [0.29, 0.717) is 0 Å². The molecular weight excluding hydrogens is 426 g/mol. The average Bonchev–Trinajstić information content (AvgIpc) is 2.81. The number of aromatic nitrogens is 3. The highest BCUT2D eigenvalue weighted by Crippen LogP contribution is 2.28. The molecule has 2 aromatic carbocycles. The van der Waals surface area contributed by atoms with Crippen molar-refractivity contribution in [3.05, 3.63) is 63.5 Å². The molecule has 0 bridgehead atoms. The van der Waals surface area contributed by atoms with Gasteiger partial charge in [-0.05, 0) is 118 Å². The van der Waals surface area contributed by atoms with Gasteiger partial charge in [0, 0.05) is 11.1 Å². The van der Waals surface area contributed by atoms with Crippen molar-refractivity contribution >= 4 is 0 Å². The molecule has 35 heavy (non-hydrogen) atoms. The Morgan fingerprint density at radius 1 is 0.486 bits per heavy atom. The lowest BCUT2D eigenvalue weighted by Gasteiger charge is -2.14. The number of benzene rings is 2. The van der Waals surface area contributed by atoms with E-state index >= 15 is 0 Å². The van der Waals surface area contributed by atoms with Crippen LogP contribution < -0.4 is 0 Å². The van der Waals surface area contributed by atoms with Crippen LogP contribution in [0.25, 0.3) is 22.8 Å². The van der Waals surface area contributed by atoms with Crippen LogP contribution in [0.2, 0.25) is 0 Å². The Morgan fingerprint density at radius 3 is 1.20 bits per heavy atom. The quantitative estimate of drug-likeness (QED) is 0.247. The van der Waals surface area contributed by atoms with E-state index in [4.69, 9.17) is 15.0 Å². The summed E-state index contributed by atoms with van der Waals surface area (Å²) in [6, 6.07) is 9.04. The van der Waals surface area contributed by atoms with Crippen LogP contribution in [0, 0.1) is 34.6 Å². The zero-order valence-electron chi connectivity index (χ0n) is 23.2. The third-order valence-electron chi connectivity index (χ3n) is 7.22. The first-order valence-corrected chi connectivity index (χ1v) is 13.8. The number of aryl methyl sites for hydroxylation is 5. The summed E-state index contributed by atoms with van der Waals surface area (Å²) in [5, 5.41) is 0. The molecule has 3 heteroatoms. The van der Waals surface area contributed by atoms with Crippen molar-refractivity contribution in [2.45, 2.75) is 113 Å². The smallest absolute Gasteiger partial charge is 0.163 e. The summed E-state index contributed by atoms with van der Waals surface area (Å²) in [5.74, 6) is 2.31. The van der Waals surface area contributed by atoms with Gasteiger partial charge in [-0.3, -0.25) is 0 Å². The average molecular weight is 472 g/mol. The van der Waals surface area contributed by atoms with E-state index in [1.165, 1.54) is 84.7 Å². The highest BCUT2D eigenvalue weighted by molar-refractivity contribution is 5.65. The van der Waals surface area contributed by atoms with Crippen molar-refractivity contribution in [3.8, 4) is 22.8 Å². The second-order valence-corrected chi connectivity index (χ2v) is 10.3. The van der Waals surface area contributed by atoms with E-state index in [2.05, 4.69) is 65.8 Å². The molecule has 3 nitrogen and oxygen atoms in total. The number of rotatable bonds is 12. The Bertz CT molecular complexity index is 998. The van der Waals surface area contributed by atoms with Crippen LogP contribution in [0.4, 0.5) is 0 Å². The summed E-state index contributed by atoms with van der Waals surface area (Å²) in [5.41, 5.74) is 10.5. The summed E-state index contributed by atoms with van der Waals surface area (Å²) in [6.45, 7) is 15.4. The fraction of sp³-hybridized carbons (Fsp3) is 0.531. The van der Waals surface area contributed by atoms with Crippen molar-refractivity contribution in [2.24, 2.45) is 0 Å². The first-order valence-electron chi connectivity index (χ1n) is 13.8. The summed E-state index contributed by atoms with van der Waals surface area (Å²) in [7, 11) is 0. The van der Waals surface area contributed by atoms with Gasteiger partial charge in [0.15, 0.2) is 11.6 Å². The minimum atomic E-state index is 0.767. The predicted octanol–water partition coefficient (Wildman–Crippen LogP) is 8.99. The van der Waals surface area contributed by atoms with E-state index in [-0.39, 0.29) is 0 Å². The fourth-order valence-electron chi connectivity index (χ4n) is 5.23. The van der Waals surface area contributed by atoms with Crippen LogP contribution in [0.15, 0.2) is 24.3 Å². The maximum Gasteiger partial charge on any atom is 0.163 e. The third kappa shape index (κ3) is 7.22. The summed E-state index contributed by atoms with van der Waals surface area (Å²) in [6.07, 6.45) is 12.6. The molecule has 0 aliphatic carbocycles. The zero-order valence-corrected chi connectivity index (χ0v) is 23.2. The largest absolute Gasteiger partial charge is 0.213 e. The SMILES string of the molecule is CCCCCCc1c(C)cc(-c2nc(C)nc(-c3cc(C)c(CCCCCC)c(C)c3)n2)cc1C. The van der Waals surface area contributed by atoms with Crippen LogP contribution in [-0.2, 0) is 12.8 Å². The molecule has 0 amide bonds. The van der Waals surface area contributed by atoms with Gasteiger partial charge < -0.3 is 0 Å². The van der Waals surface area contributed by atoms with Gasteiger partial charge in [0.05, 0.1) is 0 Å². The van der Waals surface area contributed by atoms with E-state index in [1.807, 2.05) is 6.92 Å². The predicted molar refractivity (Wildman–Crippen MR) is 150 cm³/mol. The number of hydrogen-bond acceptors (Lipinski definition) is 3. The molecule has 0 fully saturated rings. The Kier molecular flexibility index (Phi) is 10.0. The number of hydrogen-bond donors (Lipinski definition) is 0. The minimum Gasteiger partial charge on any atom is -0.213 e. The summed E-state index contributed by atoms with van der Waals surface area (Å²) >= 11 is 0. The van der Waals surface area contributed by atoms with Crippen molar-refractivity contribution in [1.29, 1.82) is 0 Å². The van der Waals surface area contributed by atoms with E-state index < -0.39 is 0 Å². The molecule has 0 unspecified atom stereocenters. The van der Waals surface area contributed by atoms with E-state index in [9.17, 15) is 0 Å². The lowest BCUT2D eigenvalue weighted by atomic mass is 9.94. The highest BCUT2D eigenvalue weighted by atomic mass is 15.0. The first kappa shape index (κ1) is 27.0. The molecule has 0 saturated carbocycles. The second-order valence-electron chi connectivity index (χ2n) is 10.3. The standard InChI is InChI=1S/C32H45N3/c1-8-10-12-14-16-29-22(3)18-27(19-23(29)4)31-33-26(7)34-32(35-31)28-20-24(5)30(25(6)21-28)17-15-13-11-9-2/h18-21H,8-17H2,1-7H3. The van der Waals surface area contributed by atoms with Crippen LogP contribution in [0.1, 0.15) is 104 Å². The Balaban J connectivity index is 1.88. The summed E-state index contributed by atoms with van der Waals surface area (Å²) in [4.78, 5) is 14.4. The molecule has 188 valence electrons. The fourth-order valence-corrected chi connectivity index (χ4v) is 5.23. The van der Waals surface area contributed by atoms with Crippen molar-refractivity contribution in [3.63, 3.8) is 0 Å². The third-order valence-corrected chi connectivity index (χ3v) is 7.22. The topological polar surface area (TPSA) is 38.7 Å². The Hall–Kier alpha value is -2.55. The molecule has 0 aliphatic rings.